The summed E-state index contributed by atoms with van der Waals surface area (Å²) < 4.78 is 60.6. The Bertz CT molecular complexity index is 1370. The average Bonchev–Trinajstić information content (AvgIpc) is 2.93. The van der Waals surface area contributed by atoms with E-state index in [1.165, 1.54) is 0 Å². The van der Waals surface area contributed by atoms with Crippen LogP contribution in [-0.2, 0) is 15.3 Å². The molecule has 8 heteroatoms. The summed E-state index contributed by atoms with van der Waals surface area (Å²) in [5, 5.41) is 14.9. The van der Waals surface area contributed by atoms with Crippen LogP contribution in [0.4, 0.5) is 13.2 Å². The van der Waals surface area contributed by atoms with Crippen LogP contribution in [-0.4, -0.2) is 5.11 Å². The number of halogens is 3. The van der Waals surface area contributed by atoms with Crippen molar-refractivity contribution in [3.8, 4) is 0 Å². The molecule has 1 fully saturated rings. The molecule has 1 aliphatic rings. The highest BCUT2D eigenvalue weighted by Gasteiger charge is 2.51. The molecular weight excluding hydrogens is 498 g/mol. The maximum absolute atomic E-state index is 14.8. The van der Waals surface area contributed by atoms with Gasteiger partial charge in [0.15, 0.2) is 5.85 Å². The molecule has 2 N–H and O–H groups in total. The molecule has 0 bridgehead atoms. The Hall–Kier alpha value is -3.22. The van der Waals surface area contributed by atoms with Gasteiger partial charge in [0.25, 0.3) is 7.37 Å². The van der Waals surface area contributed by atoms with Gasteiger partial charge in [-0.15, -0.1) is 0 Å². The summed E-state index contributed by atoms with van der Waals surface area (Å²) in [6, 6.07) is 31.5. The number of aliphatic hydroxyl groups excluding tert-OH is 1. The average molecular weight is 523 g/mol. The summed E-state index contributed by atoms with van der Waals surface area (Å²) in [5.74, 6) is -2.56. The number of hydrogen-bond donors (Lipinski definition) is 2. The van der Waals surface area contributed by atoms with Crippen molar-refractivity contribution in [2.45, 2.75) is 30.0 Å². The maximum Gasteiger partial charge on any atom is 0.416 e. The first-order valence-corrected chi connectivity index (χ1v) is 13.6. The summed E-state index contributed by atoms with van der Waals surface area (Å²) >= 11 is 0. The monoisotopic (exact) mass is 523 g/mol. The Balaban J connectivity index is 1.61. The third kappa shape index (κ3) is 5.13. The second kappa shape index (κ2) is 10.3. The molecule has 0 spiro atoms. The van der Waals surface area contributed by atoms with E-state index < -0.39 is 42.9 Å². The number of nitrogens with one attached hydrogen (secondary N) is 1. The minimum absolute atomic E-state index is 0.0871. The highest BCUT2D eigenvalue weighted by Crippen LogP contribution is 2.73. The van der Waals surface area contributed by atoms with Crippen molar-refractivity contribution in [2.24, 2.45) is 0 Å². The third-order valence-corrected chi connectivity index (χ3v) is 9.26. The van der Waals surface area contributed by atoms with Crippen LogP contribution >= 0.6 is 7.37 Å². The van der Waals surface area contributed by atoms with Gasteiger partial charge in [0, 0.05) is 0 Å². The number of benzene rings is 4. The zero-order valence-electron chi connectivity index (χ0n) is 19.6. The van der Waals surface area contributed by atoms with E-state index in [4.69, 9.17) is 4.52 Å². The predicted octanol–water partition coefficient (Wildman–Crippen LogP) is 7.78. The van der Waals surface area contributed by atoms with Crippen molar-refractivity contribution < 1.29 is 27.4 Å². The Morgan fingerprint density at radius 2 is 1.22 bits per heavy atom. The quantitative estimate of drug-likeness (QED) is 0.262. The van der Waals surface area contributed by atoms with Crippen LogP contribution in [0.1, 0.15) is 51.6 Å². The van der Waals surface area contributed by atoms with Gasteiger partial charge in [-0.1, -0.05) is 103 Å². The van der Waals surface area contributed by atoms with Gasteiger partial charge in [-0.25, -0.2) is 0 Å². The van der Waals surface area contributed by atoms with Crippen molar-refractivity contribution >= 4 is 7.37 Å². The molecule has 5 rings (SSSR count). The Morgan fingerprint density at radius 3 is 1.73 bits per heavy atom. The fourth-order valence-corrected chi connectivity index (χ4v) is 7.34. The fourth-order valence-electron chi connectivity index (χ4n) is 4.68. The number of rotatable bonds is 5. The van der Waals surface area contributed by atoms with Crippen LogP contribution in [0, 0.1) is 0 Å². The molecular formula is C29H25F3NO3P. The zero-order valence-corrected chi connectivity index (χ0v) is 20.5. The van der Waals surface area contributed by atoms with Crippen LogP contribution in [0.5, 0.6) is 0 Å². The highest BCUT2D eigenvalue weighted by atomic mass is 31.2. The van der Waals surface area contributed by atoms with Crippen molar-refractivity contribution in [2.75, 3.05) is 0 Å². The summed E-state index contributed by atoms with van der Waals surface area (Å²) in [6.07, 6.45) is -5.25. The molecule has 4 aromatic carbocycles. The topological polar surface area (TPSA) is 58.6 Å². The van der Waals surface area contributed by atoms with Gasteiger partial charge in [-0.2, -0.15) is 13.2 Å². The summed E-state index contributed by atoms with van der Waals surface area (Å²) in [4.78, 5) is 0. The zero-order chi connectivity index (χ0) is 26.0. The number of hydrogen-bond acceptors (Lipinski definition) is 4. The summed E-state index contributed by atoms with van der Waals surface area (Å²) in [5.41, 5.74) is 1.55. The lowest BCUT2D eigenvalue weighted by Crippen LogP contribution is -2.38. The smallest absolute Gasteiger partial charge is 0.378 e. The second-order valence-corrected chi connectivity index (χ2v) is 11.5. The second-order valence-electron chi connectivity index (χ2n) is 8.94. The van der Waals surface area contributed by atoms with E-state index in [0.29, 0.717) is 5.56 Å². The molecule has 1 aliphatic heterocycles. The molecule has 5 atom stereocenters. The lowest BCUT2D eigenvalue weighted by molar-refractivity contribution is -0.137. The van der Waals surface area contributed by atoms with Gasteiger partial charge in [-0.05, 0) is 34.4 Å². The molecule has 1 heterocycles. The lowest BCUT2D eigenvalue weighted by atomic mass is 9.95. The maximum atomic E-state index is 14.8. The Kier molecular flexibility index (Phi) is 7.06. The van der Waals surface area contributed by atoms with E-state index in [0.717, 1.165) is 35.4 Å². The van der Waals surface area contributed by atoms with Gasteiger partial charge in [0.2, 0.25) is 0 Å². The van der Waals surface area contributed by atoms with E-state index in [1.807, 2.05) is 66.7 Å². The first-order valence-electron chi connectivity index (χ1n) is 11.8. The van der Waals surface area contributed by atoms with E-state index in [-0.39, 0.29) is 5.56 Å². The van der Waals surface area contributed by atoms with E-state index in [1.54, 1.807) is 24.3 Å². The molecule has 4 nitrogen and oxygen atoms in total. The molecule has 1 unspecified atom stereocenters. The number of alkyl halides is 3. The van der Waals surface area contributed by atoms with E-state index >= 15 is 0 Å². The van der Waals surface area contributed by atoms with Gasteiger partial charge >= 0.3 is 6.18 Å². The Labute approximate surface area is 213 Å². The molecule has 0 amide bonds. The van der Waals surface area contributed by atoms with E-state index in [9.17, 15) is 22.8 Å². The van der Waals surface area contributed by atoms with Crippen LogP contribution in [0.15, 0.2) is 115 Å². The molecule has 0 radical (unpaired) electrons. The van der Waals surface area contributed by atoms with E-state index in [2.05, 4.69) is 5.32 Å². The molecule has 190 valence electrons. The molecule has 37 heavy (non-hydrogen) atoms. The van der Waals surface area contributed by atoms with Crippen molar-refractivity contribution in [1.29, 1.82) is 0 Å². The van der Waals surface area contributed by atoms with Gasteiger partial charge < -0.3 is 9.63 Å². The molecule has 1 saturated heterocycles. The minimum Gasteiger partial charge on any atom is -0.378 e. The van der Waals surface area contributed by atoms with Crippen molar-refractivity contribution in [3.63, 3.8) is 0 Å². The van der Waals surface area contributed by atoms with Gasteiger partial charge in [0.05, 0.1) is 11.6 Å². The first kappa shape index (κ1) is 25.4. The van der Waals surface area contributed by atoms with Crippen LogP contribution in [0.25, 0.3) is 0 Å². The minimum atomic E-state index is -4.52. The van der Waals surface area contributed by atoms with Crippen LogP contribution in [0.3, 0.4) is 0 Å². The third-order valence-electron chi connectivity index (χ3n) is 6.56. The van der Waals surface area contributed by atoms with Gasteiger partial charge in [-0.3, -0.25) is 9.88 Å². The Morgan fingerprint density at radius 1 is 0.730 bits per heavy atom. The standard InChI is InChI=1S/C29H25F3NO3P/c30-29(31,32)24-18-16-23(17-19-24)28(34)37(35)27(22-14-8-3-9-15-22)33-25(20-10-4-1-5-11-20)26(36-37)21-12-6-2-7-13-21/h1-19,25-28,33-34H/t25-,26+,27-,28-,37?/m1/s1. The fraction of sp³-hybridized carbons (Fsp3) is 0.172. The van der Waals surface area contributed by atoms with Crippen molar-refractivity contribution in [3.05, 3.63) is 143 Å². The SMILES string of the molecule is O=P1([C@@H](O)c2ccc(C(F)(F)F)cc2)O[C@@H](c2ccccc2)[C@@H](c2ccccc2)N[C@H]1c1ccccc1. The predicted molar refractivity (Wildman–Crippen MR) is 136 cm³/mol. The lowest BCUT2D eigenvalue weighted by Gasteiger charge is -2.44. The number of aliphatic hydroxyl groups is 1. The molecule has 0 saturated carbocycles. The van der Waals surface area contributed by atoms with Crippen molar-refractivity contribution in [1.82, 2.24) is 5.32 Å². The van der Waals surface area contributed by atoms with Crippen LogP contribution in [0.2, 0.25) is 0 Å². The summed E-state index contributed by atoms with van der Waals surface area (Å²) in [6.45, 7) is 0. The van der Waals surface area contributed by atoms with Gasteiger partial charge in [0.1, 0.15) is 11.9 Å². The van der Waals surface area contributed by atoms with Crippen LogP contribution < -0.4 is 5.32 Å². The molecule has 4 aromatic rings. The largest absolute Gasteiger partial charge is 0.416 e. The molecule has 0 aliphatic carbocycles. The highest BCUT2D eigenvalue weighted by molar-refractivity contribution is 7.59. The molecule has 0 aromatic heterocycles. The first-order chi connectivity index (χ1) is 17.8. The summed E-state index contributed by atoms with van der Waals surface area (Å²) in [7, 11) is -4.03. The normalized spacial score (nSPS) is 24.9.